The van der Waals surface area contributed by atoms with Gasteiger partial charge in [0.15, 0.2) is 0 Å². The molecule has 74 valence electrons. The van der Waals surface area contributed by atoms with Crippen molar-refractivity contribution in [1.82, 2.24) is 9.97 Å². The van der Waals surface area contributed by atoms with Crippen molar-refractivity contribution in [3.63, 3.8) is 0 Å². The molecule has 13 heavy (non-hydrogen) atoms. The van der Waals surface area contributed by atoms with Crippen molar-refractivity contribution in [2.75, 3.05) is 12.4 Å². The minimum atomic E-state index is -2.93. The van der Waals surface area contributed by atoms with Gasteiger partial charge in [0.2, 0.25) is 0 Å². The molecule has 3 nitrogen and oxygen atoms in total. The van der Waals surface area contributed by atoms with Gasteiger partial charge < -0.3 is 5.32 Å². The molecular weight excluding hydrogens is 200 g/mol. The summed E-state index contributed by atoms with van der Waals surface area (Å²) >= 11 is 0. The Balaban J connectivity index is 0.00000144. The van der Waals surface area contributed by atoms with Crippen LogP contribution >= 0.6 is 12.4 Å². The van der Waals surface area contributed by atoms with E-state index in [0.717, 1.165) is 13.3 Å². The SMILES string of the molecule is CNc1cncnc1C(C)(F)F.Cl. The summed E-state index contributed by atoms with van der Waals surface area (Å²) in [7, 11) is 1.55. The van der Waals surface area contributed by atoms with Gasteiger partial charge in [-0.1, -0.05) is 0 Å². The van der Waals surface area contributed by atoms with Crippen LogP contribution in [-0.2, 0) is 5.92 Å². The third-order valence-corrected chi connectivity index (χ3v) is 1.40. The summed E-state index contributed by atoms with van der Waals surface area (Å²) in [5, 5.41) is 2.60. The first-order valence-corrected chi connectivity index (χ1v) is 3.41. The maximum atomic E-state index is 12.8. The summed E-state index contributed by atoms with van der Waals surface area (Å²) in [6.07, 6.45) is 2.42. The fourth-order valence-electron chi connectivity index (χ4n) is 0.862. The van der Waals surface area contributed by atoms with Gasteiger partial charge in [-0.05, 0) is 0 Å². The zero-order chi connectivity index (χ0) is 9.19. The molecule has 0 atom stereocenters. The third-order valence-electron chi connectivity index (χ3n) is 1.40. The molecule has 1 N–H and O–H groups in total. The average Bonchev–Trinajstić information content (AvgIpc) is 2.03. The average molecular weight is 210 g/mol. The van der Waals surface area contributed by atoms with E-state index in [1.165, 1.54) is 6.20 Å². The summed E-state index contributed by atoms with van der Waals surface area (Å²) < 4.78 is 25.5. The molecule has 0 radical (unpaired) electrons. The van der Waals surface area contributed by atoms with Gasteiger partial charge in [0.25, 0.3) is 5.92 Å². The Morgan fingerprint density at radius 1 is 1.46 bits per heavy atom. The molecule has 1 rings (SSSR count). The quantitative estimate of drug-likeness (QED) is 0.810. The van der Waals surface area contributed by atoms with Crippen molar-refractivity contribution in [2.24, 2.45) is 0 Å². The molecule has 0 bridgehead atoms. The Hall–Kier alpha value is -0.970. The summed E-state index contributed by atoms with van der Waals surface area (Å²) in [5.74, 6) is -2.93. The van der Waals surface area contributed by atoms with E-state index in [9.17, 15) is 8.78 Å². The van der Waals surface area contributed by atoms with E-state index < -0.39 is 5.92 Å². The summed E-state index contributed by atoms with van der Waals surface area (Å²) in [6.45, 7) is 0.802. The van der Waals surface area contributed by atoms with E-state index in [-0.39, 0.29) is 23.8 Å². The van der Waals surface area contributed by atoms with E-state index in [1.807, 2.05) is 0 Å². The minimum Gasteiger partial charge on any atom is -0.385 e. The maximum absolute atomic E-state index is 12.8. The van der Waals surface area contributed by atoms with E-state index in [4.69, 9.17) is 0 Å². The van der Waals surface area contributed by atoms with Crippen LogP contribution in [0.1, 0.15) is 12.6 Å². The molecule has 0 fully saturated rings. The number of halogens is 3. The van der Waals surface area contributed by atoms with Crippen LogP contribution in [-0.4, -0.2) is 17.0 Å². The minimum absolute atomic E-state index is 0. The molecule has 1 heterocycles. The first kappa shape index (κ1) is 12.0. The molecular formula is C7H10ClF2N3. The van der Waals surface area contributed by atoms with Gasteiger partial charge in [0.1, 0.15) is 12.0 Å². The van der Waals surface area contributed by atoms with Gasteiger partial charge in [0, 0.05) is 14.0 Å². The first-order chi connectivity index (χ1) is 5.55. The monoisotopic (exact) mass is 209 g/mol. The highest BCUT2D eigenvalue weighted by atomic mass is 35.5. The van der Waals surface area contributed by atoms with Gasteiger partial charge in [-0.15, -0.1) is 12.4 Å². The van der Waals surface area contributed by atoms with Crippen LogP contribution in [0.2, 0.25) is 0 Å². The number of hydrogen-bond acceptors (Lipinski definition) is 3. The Bertz CT molecular complexity index is 275. The van der Waals surface area contributed by atoms with Crippen LogP contribution in [0, 0.1) is 0 Å². The molecule has 1 aromatic rings. The zero-order valence-corrected chi connectivity index (χ0v) is 8.03. The fraction of sp³-hybridized carbons (Fsp3) is 0.429. The van der Waals surface area contributed by atoms with Crippen molar-refractivity contribution in [1.29, 1.82) is 0 Å². The molecule has 0 amide bonds. The summed E-state index contributed by atoms with van der Waals surface area (Å²) in [5.41, 5.74) is -0.0231. The lowest BCUT2D eigenvalue weighted by Crippen LogP contribution is -2.13. The van der Waals surface area contributed by atoms with Crippen LogP contribution in [0.5, 0.6) is 0 Å². The van der Waals surface area contributed by atoms with Crippen LogP contribution in [0.4, 0.5) is 14.5 Å². The zero-order valence-electron chi connectivity index (χ0n) is 7.21. The van der Waals surface area contributed by atoms with Crippen molar-refractivity contribution in [2.45, 2.75) is 12.8 Å². The second-order valence-corrected chi connectivity index (χ2v) is 2.42. The lowest BCUT2D eigenvalue weighted by atomic mass is 10.2. The number of anilines is 1. The van der Waals surface area contributed by atoms with E-state index in [2.05, 4.69) is 15.3 Å². The lowest BCUT2D eigenvalue weighted by Gasteiger charge is -2.12. The normalized spacial score (nSPS) is 10.5. The Kier molecular flexibility index (Phi) is 4.00. The number of hydrogen-bond donors (Lipinski definition) is 1. The Labute approximate surface area is 81.0 Å². The second-order valence-electron chi connectivity index (χ2n) is 2.42. The molecule has 0 saturated carbocycles. The standard InChI is InChI=1S/C7H9F2N3.ClH/c1-7(8,9)6-5(10-2)3-11-4-12-6;/h3-4,10H,1-2H3;1H. The van der Waals surface area contributed by atoms with E-state index in [1.54, 1.807) is 7.05 Å². The highest BCUT2D eigenvalue weighted by Gasteiger charge is 2.29. The topological polar surface area (TPSA) is 37.8 Å². The number of nitrogens with one attached hydrogen (secondary N) is 1. The number of alkyl halides is 2. The molecule has 0 aliphatic carbocycles. The van der Waals surface area contributed by atoms with E-state index in [0.29, 0.717) is 0 Å². The predicted octanol–water partition coefficient (Wildman–Crippen LogP) is 2.05. The smallest absolute Gasteiger partial charge is 0.289 e. The van der Waals surface area contributed by atoms with Crippen LogP contribution in [0.15, 0.2) is 12.5 Å². The predicted molar refractivity (Wildman–Crippen MR) is 48.4 cm³/mol. The van der Waals surface area contributed by atoms with Crippen LogP contribution in [0.25, 0.3) is 0 Å². The molecule has 1 aromatic heterocycles. The molecule has 0 aliphatic heterocycles. The van der Waals surface area contributed by atoms with Crippen molar-refractivity contribution in [3.8, 4) is 0 Å². The van der Waals surface area contributed by atoms with Crippen molar-refractivity contribution < 1.29 is 8.78 Å². The molecule has 0 aromatic carbocycles. The number of aromatic nitrogens is 2. The Morgan fingerprint density at radius 2 is 2.08 bits per heavy atom. The van der Waals surface area contributed by atoms with Crippen LogP contribution < -0.4 is 5.32 Å². The van der Waals surface area contributed by atoms with Gasteiger partial charge in [-0.3, -0.25) is 0 Å². The number of nitrogens with zero attached hydrogens (tertiary/aromatic N) is 2. The summed E-state index contributed by atoms with van der Waals surface area (Å²) in [4.78, 5) is 7.12. The van der Waals surface area contributed by atoms with Crippen molar-refractivity contribution in [3.05, 3.63) is 18.2 Å². The molecule has 0 spiro atoms. The highest BCUT2D eigenvalue weighted by Crippen LogP contribution is 2.29. The van der Waals surface area contributed by atoms with Crippen molar-refractivity contribution >= 4 is 18.1 Å². The first-order valence-electron chi connectivity index (χ1n) is 3.41. The largest absolute Gasteiger partial charge is 0.385 e. The second kappa shape index (κ2) is 4.32. The highest BCUT2D eigenvalue weighted by molar-refractivity contribution is 5.85. The van der Waals surface area contributed by atoms with E-state index >= 15 is 0 Å². The van der Waals surface area contributed by atoms with Gasteiger partial charge in [0.05, 0.1) is 11.9 Å². The maximum Gasteiger partial charge on any atom is 0.289 e. The Morgan fingerprint density at radius 3 is 2.46 bits per heavy atom. The molecule has 0 unspecified atom stereocenters. The lowest BCUT2D eigenvalue weighted by molar-refractivity contribution is 0.0134. The van der Waals surface area contributed by atoms with Gasteiger partial charge in [-0.25, -0.2) is 9.97 Å². The fourth-order valence-corrected chi connectivity index (χ4v) is 0.862. The van der Waals surface area contributed by atoms with Gasteiger partial charge in [-0.2, -0.15) is 8.78 Å². The molecule has 0 aliphatic rings. The third kappa shape index (κ3) is 2.77. The number of rotatable bonds is 2. The van der Waals surface area contributed by atoms with Crippen LogP contribution in [0.3, 0.4) is 0 Å². The van der Waals surface area contributed by atoms with Gasteiger partial charge >= 0.3 is 0 Å². The molecule has 6 heteroatoms. The summed E-state index contributed by atoms with van der Waals surface area (Å²) in [6, 6.07) is 0. The molecule has 0 saturated heterocycles.